The maximum Gasteiger partial charge on any atom is 0.142 e. The lowest BCUT2D eigenvalue weighted by molar-refractivity contribution is 0.0682. The third kappa shape index (κ3) is 4.88. The summed E-state index contributed by atoms with van der Waals surface area (Å²) in [5.41, 5.74) is 2.29. The van der Waals surface area contributed by atoms with E-state index in [9.17, 15) is 0 Å². The van der Waals surface area contributed by atoms with Gasteiger partial charge in [-0.15, -0.1) is 0 Å². The molecule has 2 aromatic carbocycles. The molecule has 1 aliphatic rings. The van der Waals surface area contributed by atoms with Crippen molar-refractivity contribution in [3.63, 3.8) is 0 Å². The number of nitrogens with one attached hydrogen (secondary N) is 1. The lowest BCUT2D eigenvalue weighted by atomic mass is 10.1. The van der Waals surface area contributed by atoms with Gasteiger partial charge in [-0.3, -0.25) is 0 Å². The molecule has 0 aliphatic carbocycles. The maximum absolute atomic E-state index is 5.93. The van der Waals surface area contributed by atoms with Crippen LogP contribution < -0.4 is 10.1 Å². The first-order chi connectivity index (χ1) is 11.3. The molecule has 0 radical (unpaired) electrons. The van der Waals surface area contributed by atoms with E-state index in [2.05, 4.69) is 17.4 Å². The summed E-state index contributed by atoms with van der Waals surface area (Å²) in [6, 6.07) is 16.0. The van der Waals surface area contributed by atoms with E-state index in [1.807, 2.05) is 36.4 Å². The van der Waals surface area contributed by atoms with Gasteiger partial charge in [-0.05, 0) is 49.1 Å². The first-order valence-electron chi connectivity index (χ1n) is 8.13. The number of rotatable bonds is 7. The zero-order valence-corrected chi connectivity index (χ0v) is 13.9. The van der Waals surface area contributed by atoms with Gasteiger partial charge in [0.25, 0.3) is 0 Å². The van der Waals surface area contributed by atoms with Crippen molar-refractivity contribution >= 4 is 17.3 Å². The number of benzene rings is 2. The Balaban J connectivity index is 1.51. The van der Waals surface area contributed by atoms with E-state index in [-0.39, 0.29) is 6.10 Å². The molecule has 122 valence electrons. The van der Waals surface area contributed by atoms with Gasteiger partial charge in [0.2, 0.25) is 0 Å². The fraction of sp³-hybridized carbons (Fsp3) is 0.368. The van der Waals surface area contributed by atoms with Gasteiger partial charge in [0.1, 0.15) is 12.4 Å². The molecule has 1 heterocycles. The number of hydrogen-bond donors (Lipinski definition) is 1. The standard InChI is InChI=1S/C19H22ClNO2/c20-16-9-7-15(8-10-16)11-12-21-18-5-1-2-6-19(18)23-14-17-4-3-13-22-17/h1-2,5-10,17,21H,3-4,11-14H2. The number of ether oxygens (including phenoxy) is 2. The molecular weight excluding hydrogens is 310 g/mol. The van der Waals surface area contributed by atoms with E-state index in [0.29, 0.717) is 6.61 Å². The fourth-order valence-electron chi connectivity index (χ4n) is 2.69. The van der Waals surface area contributed by atoms with Crippen LogP contribution in [0.5, 0.6) is 5.75 Å². The maximum atomic E-state index is 5.93. The second-order valence-electron chi connectivity index (χ2n) is 5.75. The Kier molecular flexibility index (Phi) is 5.78. The first-order valence-corrected chi connectivity index (χ1v) is 8.51. The van der Waals surface area contributed by atoms with Crippen LogP contribution in [0.1, 0.15) is 18.4 Å². The minimum absolute atomic E-state index is 0.233. The summed E-state index contributed by atoms with van der Waals surface area (Å²) in [6.07, 6.45) is 3.40. The molecule has 3 rings (SSSR count). The smallest absolute Gasteiger partial charge is 0.142 e. The molecule has 23 heavy (non-hydrogen) atoms. The van der Waals surface area contributed by atoms with E-state index >= 15 is 0 Å². The van der Waals surface area contributed by atoms with Gasteiger partial charge >= 0.3 is 0 Å². The fourth-order valence-corrected chi connectivity index (χ4v) is 2.82. The summed E-state index contributed by atoms with van der Waals surface area (Å²) >= 11 is 5.91. The minimum atomic E-state index is 0.233. The summed E-state index contributed by atoms with van der Waals surface area (Å²) < 4.78 is 11.5. The predicted molar refractivity (Wildman–Crippen MR) is 94.6 cm³/mol. The van der Waals surface area contributed by atoms with Gasteiger partial charge in [0.15, 0.2) is 0 Å². The average molecular weight is 332 g/mol. The Labute approximate surface area is 142 Å². The van der Waals surface area contributed by atoms with Crippen LogP contribution in [0.2, 0.25) is 5.02 Å². The Hall–Kier alpha value is -1.71. The van der Waals surface area contributed by atoms with Crippen molar-refractivity contribution in [2.24, 2.45) is 0 Å². The molecule has 4 heteroatoms. The molecule has 0 amide bonds. The van der Waals surface area contributed by atoms with Crippen molar-refractivity contribution in [1.82, 2.24) is 0 Å². The van der Waals surface area contributed by atoms with E-state index in [4.69, 9.17) is 21.1 Å². The summed E-state index contributed by atoms with van der Waals surface area (Å²) in [7, 11) is 0. The lowest BCUT2D eigenvalue weighted by Crippen LogP contribution is -2.17. The van der Waals surface area contributed by atoms with Gasteiger partial charge in [-0.25, -0.2) is 0 Å². The Morgan fingerprint density at radius 2 is 1.96 bits per heavy atom. The summed E-state index contributed by atoms with van der Waals surface area (Å²) in [5.74, 6) is 0.888. The third-order valence-corrected chi connectivity index (χ3v) is 4.23. The van der Waals surface area contributed by atoms with Gasteiger partial charge in [-0.1, -0.05) is 35.9 Å². The molecule has 0 bridgehead atoms. The second kappa shape index (κ2) is 8.23. The monoisotopic (exact) mass is 331 g/mol. The van der Waals surface area contributed by atoms with Crippen LogP contribution in [-0.4, -0.2) is 25.9 Å². The molecule has 2 aromatic rings. The molecule has 1 fully saturated rings. The first kappa shape index (κ1) is 16.2. The molecule has 1 atom stereocenters. The molecule has 0 saturated carbocycles. The van der Waals surface area contributed by atoms with Crippen molar-refractivity contribution in [2.45, 2.75) is 25.4 Å². The van der Waals surface area contributed by atoms with Crippen LogP contribution in [0.15, 0.2) is 48.5 Å². The SMILES string of the molecule is Clc1ccc(CCNc2ccccc2OCC2CCCO2)cc1. The van der Waals surface area contributed by atoms with E-state index in [0.717, 1.165) is 48.9 Å². The van der Waals surface area contributed by atoms with Crippen LogP contribution in [-0.2, 0) is 11.2 Å². The highest BCUT2D eigenvalue weighted by molar-refractivity contribution is 6.30. The van der Waals surface area contributed by atoms with Gasteiger partial charge in [0, 0.05) is 18.2 Å². The average Bonchev–Trinajstić information content (AvgIpc) is 3.09. The highest BCUT2D eigenvalue weighted by Crippen LogP contribution is 2.25. The summed E-state index contributed by atoms with van der Waals surface area (Å²) in [6.45, 7) is 2.33. The van der Waals surface area contributed by atoms with Crippen LogP contribution in [0.4, 0.5) is 5.69 Å². The molecule has 1 unspecified atom stereocenters. The van der Waals surface area contributed by atoms with E-state index in [1.165, 1.54) is 5.56 Å². The number of para-hydroxylation sites is 2. The molecule has 1 saturated heterocycles. The topological polar surface area (TPSA) is 30.5 Å². The zero-order valence-electron chi connectivity index (χ0n) is 13.1. The molecule has 3 nitrogen and oxygen atoms in total. The van der Waals surface area contributed by atoms with Gasteiger partial charge < -0.3 is 14.8 Å². The van der Waals surface area contributed by atoms with Gasteiger partial charge in [0.05, 0.1) is 11.8 Å². The van der Waals surface area contributed by atoms with Crippen molar-refractivity contribution in [3.05, 3.63) is 59.1 Å². The number of anilines is 1. The molecule has 1 aliphatic heterocycles. The van der Waals surface area contributed by atoms with Crippen LogP contribution >= 0.6 is 11.6 Å². The quantitative estimate of drug-likeness (QED) is 0.807. The van der Waals surface area contributed by atoms with Crippen molar-refractivity contribution < 1.29 is 9.47 Å². The second-order valence-corrected chi connectivity index (χ2v) is 6.18. The molecule has 1 N–H and O–H groups in total. The van der Waals surface area contributed by atoms with Crippen molar-refractivity contribution in [2.75, 3.05) is 25.1 Å². The van der Waals surface area contributed by atoms with E-state index < -0.39 is 0 Å². The van der Waals surface area contributed by atoms with Crippen molar-refractivity contribution in [1.29, 1.82) is 0 Å². The van der Waals surface area contributed by atoms with Crippen LogP contribution in [0.25, 0.3) is 0 Å². The van der Waals surface area contributed by atoms with Crippen LogP contribution in [0, 0.1) is 0 Å². The minimum Gasteiger partial charge on any atom is -0.489 e. The normalized spacial score (nSPS) is 17.2. The predicted octanol–water partition coefficient (Wildman–Crippen LogP) is 4.55. The summed E-state index contributed by atoms with van der Waals surface area (Å²) in [5, 5.41) is 4.23. The lowest BCUT2D eigenvalue weighted by Gasteiger charge is -2.15. The highest BCUT2D eigenvalue weighted by atomic mass is 35.5. The molecule has 0 aromatic heterocycles. The van der Waals surface area contributed by atoms with Gasteiger partial charge in [-0.2, -0.15) is 0 Å². The highest BCUT2D eigenvalue weighted by Gasteiger charge is 2.16. The Morgan fingerprint density at radius 1 is 1.13 bits per heavy atom. The largest absolute Gasteiger partial charge is 0.489 e. The van der Waals surface area contributed by atoms with Crippen molar-refractivity contribution in [3.8, 4) is 5.75 Å². The van der Waals surface area contributed by atoms with E-state index in [1.54, 1.807) is 0 Å². The number of halogens is 1. The number of hydrogen-bond acceptors (Lipinski definition) is 3. The summed E-state index contributed by atoms with van der Waals surface area (Å²) in [4.78, 5) is 0. The molecular formula is C19H22ClNO2. The van der Waals surface area contributed by atoms with Crippen LogP contribution in [0.3, 0.4) is 0 Å². The Bertz CT molecular complexity index is 609. The zero-order chi connectivity index (χ0) is 15.9. The third-order valence-electron chi connectivity index (χ3n) is 3.98. The Morgan fingerprint density at radius 3 is 2.74 bits per heavy atom. The molecule has 0 spiro atoms.